The average molecular weight is 249 g/mol. The van der Waals surface area contributed by atoms with Crippen molar-refractivity contribution in [1.29, 1.82) is 0 Å². The van der Waals surface area contributed by atoms with Crippen LogP contribution in [0, 0.1) is 0 Å². The van der Waals surface area contributed by atoms with Crippen LogP contribution in [0.5, 0.6) is 0 Å². The van der Waals surface area contributed by atoms with Crippen LogP contribution < -0.4 is 5.32 Å². The summed E-state index contributed by atoms with van der Waals surface area (Å²) in [5.41, 5.74) is 2.37. The number of rotatable bonds is 6. The quantitative estimate of drug-likeness (QED) is 0.839. The summed E-state index contributed by atoms with van der Waals surface area (Å²) in [4.78, 5) is 0. The predicted octanol–water partition coefficient (Wildman–Crippen LogP) is 3.20. The molecule has 18 heavy (non-hydrogen) atoms. The number of nitrogens with one attached hydrogen (secondary N) is 1. The highest BCUT2D eigenvalue weighted by Gasteiger charge is 2.21. The molecule has 1 aliphatic rings. The van der Waals surface area contributed by atoms with E-state index >= 15 is 0 Å². The molecule has 1 saturated heterocycles. The highest BCUT2D eigenvalue weighted by Crippen LogP contribution is 2.21. The van der Waals surface area contributed by atoms with Crippen molar-refractivity contribution in [1.82, 2.24) is 0 Å². The molecule has 0 spiro atoms. The highest BCUT2D eigenvalue weighted by atomic mass is 16.5. The Hall–Kier alpha value is -1.06. The minimum absolute atomic E-state index is 0.347. The molecular formula is C15H23NO2. The van der Waals surface area contributed by atoms with E-state index in [2.05, 4.69) is 30.4 Å². The number of benzene rings is 1. The lowest BCUT2D eigenvalue weighted by molar-refractivity contribution is 0.0636. The fourth-order valence-corrected chi connectivity index (χ4v) is 2.29. The van der Waals surface area contributed by atoms with Crippen LogP contribution in [-0.4, -0.2) is 25.4 Å². The molecule has 1 heterocycles. The van der Waals surface area contributed by atoms with Gasteiger partial charge >= 0.3 is 0 Å². The summed E-state index contributed by atoms with van der Waals surface area (Å²) in [5.74, 6) is 0. The molecule has 1 aliphatic heterocycles. The molecule has 2 atom stereocenters. The molecule has 0 amide bonds. The van der Waals surface area contributed by atoms with E-state index in [1.165, 1.54) is 12.0 Å². The fraction of sp³-hybridized carbons (Fsp3) is 0.600. The number of hydrogen-bond acceptors (Lipinski definition) is 3. The summed E-state index contributed by atoms with van der Waals surface area (Å²) in [6.07, 6.45) is 3.09. The van der Waals surface area contributed by atoms with Crippen LogP contribution in [0.3, 0.4) is 0 Å². The molecule has 100 valence electrons. The maximum Gasteiger partial charge on any atom is 0.0751 e. The second-order valence-corrected chi connectivity index (χ2v) is 4.82. The van der Waals surface area contributed by atoms with E-state index in [1.807, 2.05) is 13.0 Å². The molecule has 3 heteroatoms. The fourth-order valence-electron chi connectivity index (χ4n) is 2.29. The Kier molecular flexibility index (Phi) is 5.02. The van der Waals surface area contributed by atoms with Crippen LogP contribution in [0.2, 0.25) is 0 Å². The van der Waals surface area contributed by atoms with Crippen LogP contribution in [0.25, 0.3) is 0 Å². The van der Waals surface area contributed by atoms with Gasteiger partial charge in [0.25, 0.3) is 0 Å². The van der Waals surface area contributed by atoms with Crippen molar-refractivity contribution in [2.45, 2.75) is 45.5 Å². The van der Waals surface area contributed by atoms with E-state index in [4.69, 9.17) is 9.47 Å². The minimum atomic E-state index is 0.347. The Morgan fingerprint density at radius 1 is 1.33 bits per heavy atom. The first-order valence-corrected chi connectivity index (χ1v) is 6.84. The van der Waals surface area contributed by atoms with Gasteiger partial charge in [0, 0.05) is 24.4 Å². The van der Waals surface area contributed by atoms with Crippen molar-refractivity contribution >= 4 is 5.69 Å². The number of para-hydroxylation sites is 1. The topological polar surface area (TPSA) is 30.5 Å². The van der Waals surface area contributed by atoms with Gasteiger partial charge in [-0.3, -0.25) is 0 Å². The minimum Gasteiger partial charge on any atom is -0.382 e. The largest absolute Gasteiger partial charge is 0.382 e. The average Bonchev–Trinajstić information content (AvgIpc) is 2.81. The van der Waals surface area contributed by atoms with Crippen LogP contribution in [-0.2, 0) is 16.1 Å². The second kappa shape index (κ2) is 6.76. The molecule has 0 saturated carbocycles. The van der Waals surface area contributed by atoms with E-state index in [9.17, 15) is 0 Å². The van der Waals surface area contributed by atoms with Gasteiger partial charge in [0.15, 0.2) is 0 Å². The zero-order valence-electron chi connectivity index (χ0n) is 11.3. The molecule has 0 aliphatic carbocycles. The summed E-state index contributed by atoms with van der Waals surface area (Å²) < 4.78 is 11.3. The Labute approximate surface area is 109 Å². The molecule has 0 radical (unpaired) electrons. The van der Waals surface area contributed by atoms with Crippen LogP contribution in [0.15, 0.2) is 24.3 Å². The summed E-state index contributed by atoms with van der Waals surface area (Å²) in [6, 6.07) is 8.31. The van der Waals surface area contributed by atoms with Crippen LogP contribution in [0.4, 0.5) is 5.69 Å². The van der Waals surface area contributed by atoms with Gasteiger partial charge in [0.05, 0.1) is 18.8 Å². The summed E-state index contributed by atoms with van der Waals surface area (Å²) >= 11 is 0. The van der Waals surface area contributed by atoms with Crippen molar-refractivity contribution < 1.29 is 9.47 Å². The summed E-state index contributed by atoms with van der Waals surface area (Å²) in [6.45, 7) is 6.46. The van der Waals surface area contributed by atoms with E-state index in [0.29, 0.717) is 18.8 Å². The van der Waals surface area contributed by atoms with Gasteiger partial charge in [-0.15, -0.1) is 0 Å². The molecule has 1 fully saturated rings. The van der Waals surface area contributed by atoms with Crippen molar-refractivity contribution in [3.8, 4) is 0 Å². The molecule has 0 aromatic heterocycles. The molecule has 1 N–H and O–H groups in total. The molecule has 2 unspecified atom stereocenters. The second-order valence-electron chi connectivity index (χ2n) is 4.82. The first kappa shape index (κ1) is 13.4. The molecule has 1 aromatic rings. The van der Waals surface area contributed by atoms with Gasteiger partial charge in [-0.05, 0) is 32.8 Å². The van der Waals surface area contributed by atoms with Gasteiger partial charge in [-0.2, -0.15) is 0 Å². The van der Waals surface area contributed by atoms with E-state index in [1.54, 1.807) is 0 Å². The monoisotopic (exact) mass is 249 g/mol. The lowest BCUT2D eigenvalue weighted by Gasteiger charge is -2.16. The zero-order valence-corrected chi connectivity index (χ0v) is 11.3. The third kappa shape index (κ3) is 3.72. The van der Waals surface area contributed by atoms with Gasteiger partial charge in [0.2, 0.25) is 0 Å². The van der Waals surface area contributed by atoms with Gasteiger partial charge in [0.1, 0.15) is 0 Å². The van der Waals surface area contributed by atoms with Gasteiger partial charge in [-0.25, -0.2) is 0 Å². The lowest BCUT2D eigenvalue weighted by Crippen LogP contribution is -2.20. The van der Waals surface area contributed by atoms with Crippen LogP contribution in [0.1, 0.15) is 32.3 Å². The van der Waals surface area contributed by atoms with Crippen LogP contribution >= 0.6 is 0 Å². The predicted molar refractivity (Wildman–Crippen MR) is 73.8 cm³/mol. The lowest BCUT2D eigenvalue weighted by atomic mass is 10.1. The third-order valence-corrected chi connectivity index (χ3v) is 3.32. The molecule has 2 rings (SSSR count). The van der Waals surface area contributed by atoms with Gasteiger partial charge in [-0.1, -0.05) is 18.2 Å². The summed E-state index contributed by atoms with van der Waals surface area (Å²) in [7, 11) is 0. The van der Waals surface area contributed by atoms with Crippen molar-refractivity contribution in [3.63, 3.8) is 0 Å². The number of anilines is 1. The van der Waals surface area contributed by atoms with E-state index in [-0.39, 0.29) is 0 Å². The molecule has 3 nitrogen and oxygen atoms in total. The summed E-state index contributed by atoms with van der Waals surface area (Å²) in [5, 5.41) is 3.48. The van der Waals surface area contributed by atoms with E-state index in [0.717, 1.165) is 25.3 Å². The zero-order chi connectivity index (χ0) is 12.8. The Balaban J connectivity index is 1.88. The van der Waals surface area contributed by atoms with Crippen molar-refractivity contribution in [2.24, 2.45) is 0 Å². The molecular weight excluding hydrogens is 226 g/mol. The SMILES string of the molecule is CCOCc1ccccc1NCC1CCC(C)O1. The normalized spacial score (nSPS) is 23.2. The molecule has 1 aromatic carbocycles. The number of hydrogen-bond donors (Lipinski definition) is 1. The Bertz CT molecular complexity index is 367. The molecule has 0 bridgehead atoms. The van der Waals surface area contributed by atoms with Gasteiger partial charge < -0.3 is 14.8 Å². The maximum atomic E-state index is 5.81. The maximum absolute atomic E-state index is 5.81. The van der Waals surface area contributed by atoms with Crippen molar-refractivity contribution in [2.75, 3.05) is 18.5 Å². The first-order valence-electron chi connectivity index (χ1n) is 6.84. The third-order valence-electron chi connectivity index (χ3n) is 3.32. The Morgan fingerprint density at radius 2 is 2.17 bits per heavy atom. The standard InChI is InChI=1S/C15H23NO2/c1-3-17-11-13-6-4-5-7-15(13)16-10-14-9-8-12(2)18-14/h4-7,12,14,16H,3,8-11H2,1-2H3. The smallest absolute Gasteiger partial charge is 0.0751 e. The highest BCUT2D eigenvalue weighted by molar-refractivity contribution is 5.50. The van der Waals surface area contributed by atoms with E-state index < -0.39 is 0 Å². The van der Waals surface area contributed by atoms with Crippen molar-refractivity contribution in [3.05, 3.63) is 29.8 Å². The Morgan fingerprint density at radius 3 is 2.89 bits per heavy atom. The first-order chi connectivity index (χ1) is 8.79. The number of ether oxygens (including phenoxy) is 2.